The molecule has 0 spiro atoms. The Labute approximate surface area is 127 Å². The summed E-state index contributed by atoms with van der Waals surface area (Å²) < 4.78 is 7.10. The van der Waals surface area contributed by atoms with Crippen molar-refractivity contribution in [3.63, 3.8) is 0 Å². The van der Waals surface area contributed by atoms with Crippen LogP contribution in [0.1, 0.15) is 19.3 Å². The first kappa shape index (κ1) is 14.1. The molecule has 1 aromatic carbocycles. The molecule has 0 bridgehead atoms. The molecule has 0 saturated carbocycles. The number of ether oxygens (including phenoxy) is 1. The zero-order valence-electron chi connectivity index (χ0n) is 11.5. The number of hydrogen-bond acceptors (Lipinski definition) is 3. The van der Waals surface area contributed by atoms with Crippen molar-refractivity contribution in [1.29, 1.82) is 0 Å². The summed E-state index contributed by atoms with van der Waals surface area (Å²) in [7, 11) is 0. The Morgan fingerprint density at radius 1 is 1.48 bits per heavy atom. The summed E-state index contributed by atoms with van der Waals surface area (Å²) in [5, 5.41) is 7.66. The number of hydrogen-bond donors (Lipinski definition) is 1. The normalized spacial score (nSPS) is 17.9. The summed E-state index contributed by atoms with van der Waals surface area (Å²) in [6, 6.07) is 7.42. The largest absolute Gasteiger partial charge is 0.378 e. The molecule has 6 heteroatoms. The van der Waals surface area contributed by atoms with Crippen LogP contribution in [0.15, 0.2) is 36.7 Å². The van der Waals surface area contributed by atoms with Gasteiger partial charge in [0.2, 0.25) is 5.91 Å². The molecule has 2 heterocycles. The van der Waals surface area contributed by atoms with E-state index in [0.717, 1.165) is 25.1 Å². The second-order valence-electron chi connectivity index (χ2n) is 5.01. The third-order valence-electron chi connectivity index (χ3n) is 3.40. The lowest BCUT2D eigenvalue weighted by molar-refractivity contribution is -0.118. The van der Waals surface area contributed by atoms with E-state index in [0.29, 0.717) is 17.1 Å². The van der Waals surface area contributed by atoms with Crippen LogP contribution in [0, 0.1) is 0 Å². The van der Waals surface area contributed by atoms with E-state index in [-0.39, 0.29) is 12.0 Å². The Kier molecular flexibility index (Phi) is 4.22. The number of amides is 1. The molecule has 1 fully saturated rings. The number of rotatable bonds is 4. The highest BCUT2D eigenvalue weighted by Crippen LogP contribution is 2.21. The van der Waals surface area contributed by atoms with Gasteiger partial charge >= 0.3 is 0 Å². The molecule has 1 unspecified atom stereocenters. The molecule has 5 nitrogen and oxygen atoms in total. The Morgan fingerprint density at radius 2 is 2.33 bits per heavy atom. The molecule has 1 atom stereocenters. The molecule has 110 valence electrons. The van der Waals surface area contributed by atoms with Crippen LogP contribution in [0.2, 0.25) is 5.02 Å². The molecule has 21 heavy (non-hydrogen) atoms. The van der Waals surface area contributed by atoms with Crippen LogP contribution in [0.5, 0.6) is 0 Å². The zero-order chi connectivity index (χ0) is 14.7. The van der Waals surface area contributed by atoms with E-state index in [2.05, 4.69) is 10.4 Å². The first-order valence-electron chi connectivity index (χ1n) is 6.93. The van der Waals surface area contributed by atoms with Gasteiger partial charge in [-0.25, -0.2) is 4.68 Å². The predicted molar refractivity (Wildman–Crippen MR) is 80.8 cm³/mol. The van der Waals surface area contributed by atoms with Crippen LogP contribution in [0.25, 0.3) is 5.69 Å². The minimum Gasteiger partial charge on any atom is -0.378 e. The monoisotopic (exact) mass is 305 g/mol. The van der Waals surface area contributed by atoms with Crippen LogP contribution >= 0.6 is 11.6 Å². The van der Waals surface area contributed by atoms with Gasteiger partial charge in [-0.05, 0) is 25.0 Å². The van der Waals surface area contributed by atoms with Crippen molar-refractivity contribution in [2.75, 3.05) is 11.9 Å². The molecular formula is C15H16ClN3O2. The molecular weight excluding hydrogens is 290 g/mol. The van der Waals surface area contributed by atoms with E-state index < -0.39 is 0 Å². The maximum Gasteiger partial charge on any atom is 0.227 e. The van der Waals surface area contributed by atoms with Crippen LogP contribution in [-0.2, 0) is 9.53 Å². The molecule has 1 amide bonds. The summed E-state index contributed by atoms with van der Waals surface area (Å²) in [5.74, 6) is -0.0550. The minimum absolute atomic E-state index is 0.0450. The van der Waals surface area contributed by atoms with E-state index in [9.17, 15) is 4.79 Å². The number of anilines is 1. The van der Waals surface area contributed by atoms with Crippen molar-refractivity contribution < 1.29 is 9.53 Å². The fraction of sp³-hybridized carbons (Fsp3) is 0.333. The number of nitrogens with zero attached hydrogens (tertiary/aromatic N) is 2. The van der Waals surface area contributed by atoms with Crippen LogP contribution < -0.4 is 5.32 Å². The van der Waals surface area contributed by atoms with Gasteiger partial charge in [0, 0.05) is 6.61 Å². The van der Waals surface area contributed by atoms with Crippen molar-refractivity contribution in [3.8, 4) is 5.69 Å². The molecule has 0 radical (unpaired) electrons. The van der Waals surface area contributed by atoms with Crippen molar-refractivity contribution in [1.82, 2.24) is 9.78 Å². The molecule has 1 aliphatic heterocycles. The van der Waals surface area contributed by atoms with Gasteiger partial charge in [-0.2, -0.15) is 5.10 Å². The molecule has 1 saturated heterocycles. The van der Waals surface area contributed by atoms with Gasteiger partial charge in [0.1, 0.15) is 0 Å². The molecule has 1 aromatic heterocycles. The average molecular weight is 306 g/mol. The van der Waals surface area contributed by atoms with Gasteiger partial charge in [0.05, 0.1) is 41.3 Å². The quantitative estimate of drug-likeness (QED) is 0.944. The first-order chi connectivity index (χ1) is 10.2. The number of para-hydroxylation sites is 1. The Balaban J connectivity index is 1.65. The van der Waals surface area contributed by atoms with Gasteiger partial charge in [-0.1, -0.05) is 23.7 Å². The number of carbonyl (C=O) groups excluding carboxylic acids is 1. The summed E-state index contributed by atoms with van der Waals surface area (Å²) in [4.78, 5) is 11.9. The maximum atomic E-state index is 11.9. The zero-order valence-corrected chi connectivity index (χ0v) is 12.2. The van der Waals surface area contributed by atoms with Crippen LogP contribution in [0.4, 0.5) is 5.69 Å². The standard InChI is InChI=1S/C15H16ClN3O2/c16-13-5-1-2-6-14(13)19-10-11(9-17-19)18-15(20)8-12-4-3-7-21-12/h1-2,5-6,9-10,12H,3-4,7-8H2,(H,18,20). The minimum atomic E-state index is -0.0550. The molecule has 1 aliphatic rings. The van der Waals surface area contributed by atoms with E-state index >= 15 is 0 Å². The number of carbonyl (C=O) groups is 1. The van der Waals surface area contributed by atoms with E-state index in [1.165, 1.54) is 0 Å². The molecule has 0 aliphatic carbocycles. The highest BCUT2D eigenvalue weighted by Gasteiger charge is 2.19. The second kappa shape index (κ2) is 6.28. The van der Waals surface area contributed by atoms with E-state index in [1.807, 2.05) is 18.2 Å². The van der Waals surface area contributed by atoms with E-state index in [4.69, 9.17) is 16.3 Å². The lowest BCUT2D eigenvalue weighted by atomic mass is 10.2. The maximum absolute atomic E-state index is 11.9. The SMILES string of the molecule is O=C(CC1CCCO1)Nc1cnn(-c2ccccc2Cl)c1. The second-order valence-corrected chi connectivity index (χ2v) is 5.42. The first-order valence-corrected chi connectivity index (χ1v) is 7.31. The highest BCUT2D eigenvalue weighted by molar-refractivity contribution is 6.32. The van der Waals surface area contributed by atoms with Gasteiger partial charge in [0.15, 0.2) is 0 Å². The fourth-order valence-corrected chi connectivity index (χ4v) is 2.60. The highest BCUT2D eigenvalue weighted by atomic mass is 35.5. The molecule has 2 aromatic rings. The Morgan fingerprint density at radius 3 is 3.10 bits per heavy atom. The Hall–Kier alpha value is -1.85. The van der Waals surface area contributed by atoms with Crippen molar-refractivity contribution in [2.45, 2.75) is 25.4 Å². The summed E-state index contributed by atoms with van der Waals surface area (Å²) >= 11 is 6.12. The molecule has 3 rings (SSSR count). The smallest absolute Gasteiger partial charge is 0.227 e. The number of halogens is 1. The third kappa shape index (κ3) is 3.43. The van der Waals surface area contributed by atoms with Gasteiger partial charge in [-0.15, -0.1) is 0 Å². The molecule has 1 N–H and O–H groups in total. The lowest BCUT2D eigenvalue weighted by Gasteiger charge is -2.08. The Bertz CT molecular complexity index is 635. The lowest BCUT2D eigenvalue weighted by Crippen LogP contribution is -2.18. The van der Waals surface area contributed by atoms with Crippen molar-refractivity contribution in [2.24, 2.45) is 0 Å². The third-order valence-corrected chi connectivity index (χ3v) is 3.72. The van der Waals surface area contributed by atoms with Crippen molar-refractivity contribution in [3.05, 3.63) is 41.7 Å². The van der Waals surface area contributed by atoms with E-state index in [1.54, 1.807) is 23.1 Å². The average Bonchev–Trinajstić information content (AvgIpc) is 3.11. The van der Waals surface area contributed by atoms with Gasteiger partial charge < -0.3 is 10.1 Å². The predicted octanol–water partition coefficient (Wildman–Crippen LogP) is 3.03. The number of nitrogens with one attached hydrogen (secondary N) is 1. The number of aromatic nitrogens is 2. The summed E-state index contributed by atoms with van der Waals surface area (Å²) in [5.41, 5.74) is 1.43. The van der Waals surface area contributed by atoms with Crippen LogP contribution in [-0.4, -0.2) is 28.4 Å². The van der Waals surface area contributed by atoms with Gasteiger partial charge in [0.25, 0.3) is 0 Å². The number of benzene rings is 1. The van der Waals surface area contributed by atoms with Crippen LogP contribution in [0.3, 0.4) is 0 Å². The fourth-order valence-electron chi connectivity index (χ4n) is 2.38. The van der Waals surface area contributed by atoms with Gasteiger partial charge in [-0.3, -0.25) is 4.79 Å². The van der Waals surface area contributed by atoms with Crippen molar-refractivity contribution >= 4 is 23.2 Å². The topological polar surface area (TPSA) is 56.1 Å². The summed E-state index contributed by atoms with van der Waals surface area (Å²) in [6.45, 7) is 0.752. The summed E-state index contributed by atoms with van der Waals surface area (Å²) in [6.07, 6.45) is 5.76.